The molecule has 0 aliphatic rings. The first kappa shape index (κ1) is 15.7. The molecule has 0 atom stereocenters. The molecule has 0 saturated carbocycles. The number of aromatic nitrogens is 5. The highest BCUT2D eigenvalue weighted by molar-refractivity contribution is 5.89. The molecule has 0 aromatic carbocycles. The number of fused-ring (bicyclic) bond motifs is 1. The van der Waals surface area contributed by atoms with Crippen LogP contribution >= 0.6 is 0 Å². The average molecular weight is 323 g/mol. The van der Waals surface area contributed by atoms with Gasteiger partial charge in [-0.2, -0.15) is 15.3 Å². The third kappa shape index (κ3) is 2.84. The monoisotopic (exact) mass is 323 g/mol. The van der Waals surface area contributed by atoms with Crippen molar-refractivity contribution in [2.75, 3.05) is 5.32 Å². The molecular weight excluding hydrogens is 306 g/mol. The summed E-state index contributed by atoms with van der Waals surface area (Å²) in [5.74, 6) is -0.0404. The summed E-state index contributed by atoms with van der Waals surface area (Å²) >= 11 is 0. The molecule has 1 N–H and O–H groups in total. The zero-order valence-corrected chi connectivity index (χ0v) is 13.7. The average Bonchev–Trinajstić information content (AvgIpc) is 3.04. The van der Waals surface area contributed by atoms with Crippen molar-refractivity contribution in [2.45, 2.75) is 26.7 Å². The molecule has 0 bridgehead atoms. The molecule has 8 heteroatoms. The van der Waals surface area contributed by atoms with Crippen LogP contribution in [-0.4, -0.2) is 30.3 Å². The predicted octanol–water partition coefficient (Wildman–Crippen LogP) is 1.99. The molecule has 0 fully saturated rings. The molecule has 3 rings (SSSR count). The number of nitrogens with one attached hydrogen (secondary N) is 1. The number of hydrogen-bond acceptors (Lipinski definition) is 5. The van der Waals surface area contributed by atoms with E-state index in [-0.39, 0.29) is 24.7 Å². The maximum Gasteiger partial charge on any atom is 0.249 e. The Balaban J connectivity index is 1.92. The van der Waals surface area contributed by atoms with E-state index < -0.39 is 0 Å². The molecule has 0 aliphatic heterocycles. The minimum atomic E-state index is -0.272. The van der Waals surface area contributed by atoms with E-state index in [0.717, 1.165) is 22.5 Å². The molecular formula is C16H17N7O. The summed E-state index contributed by atoms with van der Waals surface area (Å²) in [6.07, 6.45) is 2.17. The Labute approximate surface area is 138 Å². The number of nitrogens with zero attached hydrogens (tertiary/aromatic N) is 6. The Morgan fingerprint density at radius 3 is 2.79 bits per heavy atom. The number of aryl methyl sites for hydroxylation is 2. The summed E-state index contributed by atoms with van der Waals surface area (Å²) in [7, 11) is 1.91. The SMILES string of the molecule is Cc1nn(C)c(C)c1-c1ccc2nc(NC(=O)CCC#N)nn2c1. The fraction of sp³-hybridized carbons (Fsp3) is 0.312. The first-order valence-electron chi connectivity index (χ1n) is 7.53. The molecule has 0 radical (unpaired) electrons. The van der Waals surface area contributed by atoms with E-state index in [9.17, 15) is 4.79 Å². The third-order valence-corrected chi connectivity index (χ3v) is 3.84. The van der Waals surface area contributed by atoms with Crippen LogP contribution in [0.5, 0.6) is 0 Å². The highest BCUT2D eigenvalue weighted by Crippen LogP contribution is 2.26. The fourth-order valence-electron chi connectivity index (χ4n) is 2.63. The Hall–Kier alpha value is -3.21. The summed E-state index contributed by atoms with van der Waals surface area (Å²) in [6, 6.07) is 5.74. The van der Waals surface area contributed by atoms with E-state index >= 15 is 0 Å². The van der Waals surface area contributed by atoms with Gasteiger partial charge in [0.1, 0.15) is 0 Å². The summed E-state index contributed by atoms with van der Waals surface area (Å²) in [5, 5.41) is 19.8. The van der Waals surface area contributed by atoms with Gasteiger partial charge in [0, 0.05) is 42.9 Å². The number of anilines is 1. The second kappa shape index (κ2) is 6.12. The summed E-state index contributed by atoms with van der Waals surface area (Å²) in [5.41, 5.74) is 4.69. The molecule has 24 heavy (non-hydrogen) atoms. The summed E-state index contributed by atoms with van der Waals surface area (Å²) in [4.78, 5) is 15.9. The molecule has 3 heterocycles. The Kier molecular flexibility index (Phi) is 4.00. The molecule has 1 amide bonds. The van der Waals surface area contributed by atoms with E-state index in [1.165, 1.54) is 0 Å². The number of carbonyl (C=O) groups is 1. The maximum atomic E-state index is 11.7. The van der Waals surface area contributed by atoms with E-state index in [0.29, 0.717) is 5.65 Å². The van der Waals surface area contributed by atoms with Crippen LogP contribution < -0.4 is 5.32 Å². The van der Waals surface area contributed by atoms with Gasteiger partial charge in [-0.25, -0.2) is 4.52 Å². The standard InChI is InChI=1S/C16H17N7O/c1-10-15(11(2)22(3)20-10)12-6-7-13-18-16(21-23(13)9-12)19-14(24)5-4-8-17/h6-7,9H,4-5H2,1-3H3,(H,19,21,24). The highest BCUT2D eigenvalue weighted by Gasteiger charge is 2.14. The van der Waals surface area contributed by atoms with Crippen molar-refractivity contribution in [1.82, 2.24) is 24.4 Å². The molecule has 0 aliphatic carbocycles. The van der Waals surface area contributed by atoms with Gasteiger partial charge in [0.05, 0.1) is 11.8 Å². The largest absolute Gasteiger partial charge is 0.293 e. The van der Waals surface area contributed by atoms with Gasteiger partial charge in [-0.1, -0.05) is 0 Å². The lowest BCUT2D eigenvalue weighted by atomic mass is 10.1. The van der Waals surface area contributed by atoms with Crippen LogP contribution in [-0.2, 0) is 11.8 Å². The summed E-state index contributed by atoms with van der Waals surface area (Å²) < 4.78 is 3.47. The van der Waals surface area contributed by atoms with Gasteiger partial charge in [0.2, 0.25) is 11.9 Å². The number of amides is 1. The van der Waals surface area contributed by atoms with Crippen molar-refractivity contribution in [3.05, 3.63) is 29.7 Å². The van der Waals surface area contributed by atoms with E-state index in [4.69, 9.17) is 5.26 Å². The topological polar surface area (TPSA) is 101 Å². The van der Waals surface area contributed by atoms with Crippen LogP contribution in [0.2, 0.25) is 0 Å². The number of hydrogen-bond donors (Lipinski definition) is 1. The van der Waals surface area contributed by atoms with Crippen molar-refractivity contribution in [3.8, 4) is 17.2 Å². The van der Waals surface area contributed by atoms with Gasteiger partial charge in [-0.15, -0.1) is 5.10 Å². The molecule has 122 valence electrons. The minimum Gasteiger partial charge on any atom is -0.293 e. The molecule has 0 saturated heterocycles. The molecule has 0 unspecified atom stereocenters. The minimum absolute atomic E-state index is 0.130. The lowest BCUT2D eigenvalue weighted by molar-refractivity contribution is -0.116. The molecule has 8 nitrogen and oxygen atoms in total. The molecule has 3 aromatic rings. The van der Waals surface area contributed by atoms with Crippen LogP contribution in [0.1, 0.15) is 24.2 Å². The predicted molar refractivity (Wildman–Crippen MR) is 88.1 cm³/mol. The quantitative estimate of drug-likeness (QED) is 0.791. The first-order valence-corrected chi connectivity index (χ1v) is 7.53. The maximum absolute atomic E-state index is 11.7. The van der Waals surface area contributed by atoms with Crippen molar-refractivity contribution in [1.29, 1.82) is 5.26 Å². The Bertz CT molecular complexity index is 961. The Morgan fingerprint density at radius 1 is 1.33 bits per heavy atom. The number of nitriles is 1. The van der Waals surface area contributed by atoms with E-state index in [1.54, 1.807) is 4.52 Å². The lowest BCUT2D eigenvalue weighted by Crippen LogP contribution is -2.12. The molecule has 3 aromatic heterocycles. The number of pyridine rings is 1. The van der Waals surface area contributed by atoms with Gasteiger partial charge in [-0.3, -0.25) is 14.8 Å². The van der Waals surface area contributed by atoms with Crippen molar-refractivity contribution in [3.63, 3.8) is 0 Å². The van der Waals surface area contributed by atoms with Crippen molar-refractivity contribution < 1.29 is 4.79 Å². The summed E-state index contributed by atoms with van der Waals surface area (Å²) in [6.45, 7) is 3.98. The van der Waals surface area contributed by atoms with Crippen molar-refractivity contribution >= 4 is 17.5 Å². The second-order valence-corrected chi connectivity index (χ2v) is 5.53. The van der Waals surface area contributed by atoms with E-state index in [1.807, 2.05) is 50.0 Å². The van der Waals surface area contributed by atoms with Crippen LogP contribution in [0.25, 0.3) is 16.8 Å². The number of rotatable bonds is 4. The lowest BCUT2D eigenvalue weighted by Gasteiger charge is -2.02. The van der Waals surface area contributed by atoms with Gasteiger partial charge in [0.15, 0.2) is 5.65 Å². The van der Waals surface area contributed by atoms with Gasteiger partial charge in [-0.05, 0) is 26.0 Å². The van der Waals surface area contributed by atoms with Crippen LogP contribution in [0.4, 0.5) is 5.95 Å². The smallest absolute Gasteiger partial charge is 0.249 e. The first-order chi connectivity index (χ1) is 11.5. The zero-order valence-electron chi connectivity index (χ0n) is 13.7. The normalized spacial score (nSPS) is 10.8. The number of carbonyl (C=O) groups excluding carboxylic acids is 1. The van der Waals surface area contributed by atoms with Gasteiger partial charge >= 0.3 is 0 Å². The fourth-order valence-corrected chi connectivity index (χ4v) is 2.63. The van der Waals surface area contributed by atoms with Gasteiger partial charge in [0.25, 0.3) is 0 Å². The van der Waals surface area contributed by atoms with Crippen LogP contribution in [0.3, 0.4) is 0 Å². The van der Waals surface area contributed by atoms with Crippen LogP contribution in [0.15, 0.2) is 18.3 Å². The molecule has 0 spiro atoms. The van der Waals surface area contributed by atoms with Crippen LogP contribution in [0, 0.1) is 25.2 Å². The highest BCUT2D eigenvalue weighted by atomic mass is 16.1. The second-order valence-electron chi connectivity index (χ2n) is 5.53. The van der Waals surface area contributed by atoms with E-state index in [2.05, 4.69) is 20.5 Å². The third-order valence-electron chi connectivity index (χ3n) is 3.84. The van der Waals surface area contributed by atoms with Gasteiger partial charge < -0.3 is 0 Å². The Morgan fingerprint density at radius 2 is 2.12 bits per heavy atom. The van der Waals surface area contributed by atoms with Crippen molar-refractivity contribution in [2.24, 2.45) is 7.05 Å². The zero-order chi connectivity index (χ0) is 17.3.